The monoisotopic (exact) mass is 246 g/mol. The first-order valence-electron chi connectivity index (χ1n) is 7.16. The van der Waals surface area contributed by atoms with Gasteiger partial charge in [-0.1, -0.05) is 39.0 Å². The fourth-order valence-corrected chi connectivity index (χ4v) is 2.80. The molecule has 1 saturated heterocycles. The Morgan fingerprint density at radius 2 is 2.06 bits per heavy atom. The number of rotatable bonds is 2. The molecular weight excluding hydrogens is 220 g/mol. The number of aryl methyl sites for hydroxylation is 1. The molecule has 2 heteroatoms. The minimum Gasteiger partial charge on any atom is -0.371 e. The van der Waals surface area contributed by atoms with Crippen LogP contribution < -0.4 is 10.2 Å². The van der Waals surface area contributed by atoms with Crippen LogP contribution in [-0.2, 0) is 6.42 Å². The summed E-state index contributed by atoms with van der Waals surface area (Å²) >= 11 is 0. The zero-order valence-corrected chi connectivity index (χ0v) is 12.0. The highest BCUT2D eigenvalue weighted by Crippen LogP contribution is 2.26. The minimum atomic E-state index is 0.335. The van der Waals surface area contributed by atoms with Gasteiger partial charge in [0.2, 0.25) is 0 Å². The normalized spacial score (nSPS) is 20.3. The molecule has 0 aromatic heterocycles. The first kappa shape index (κ1) is 13.4. The van der Waals surface area contributed by atoms with E-state index in [4.69, 9.17) is 0 Å². The third-order valence-corrected chi connectivity index (χ3v) is 3.72. The Morgan fingerprint density at radius 3 is 2.83 bits per heavy atom. The summed E-state index contributed by atoms with van der Waals surface area (Å²) in [5, 5.41) is 3.55. The van der Waals surface area contributed by atoms with Crippen LogP contribution >= 0.6 is 0 Å². The van der Waals surface area contributed by atoms with Crippen LogP contribution in [0.15, 0.2) is 24.3 Å². The molecule has 1 aromatic rings. The summed E-state index contributed by atoms with van der Waals surface area (Å²) in [6.07, 6.45) is 2.35. The van der Waals surface area contributed by atoms with Crippen LogP contribution in [0.25, 0.3) is 0 Å². The lowest BCUT2D eigenvalue weighted by Gasteiger charge is -2.37. The average Bonchev–Trinajstić information content (AvgIpc) is 2.34. The number of benzene rings is 1. The largest absolute Gasteiger partial charge is 0.371 e. The van der Waals surface area contributed by atoms with Crippen LogP contribution in [0.5, 0.6) is 0 Å². The first-order valence-corrected chi connectivity index (χ1v) is 7.16. The molecule has 0 amide bonds. The molecule has 0 aliphatic carbocycles. The highest BCUT2D eigenvalue weighted by Gasteiger charge is 2.24. The number of hydrogen-bond donors (Lipinski definition) is 1. The summed E-state index contributed by atoms with van der Waals surface area (Å²) in [5.74, 6) is 0. The van der Waals surface area contributed by atoms with Crippen LogP contribution in [0.3, 0.4) is 0 Å². The molecule has 0 radical (unpaired) electrons. The smallest absolute Gasteiger partial charge is 0.0398 e. The van der Waals surface area contributed by atoms with E-state index in [1.165, 1.54) is 17.7 Å². The Labute approximate surface area is 111 Å². The van der Waals surface area contributed by atoms with Crippen LogP contribution in [0.1, 0.15) is 32.8 Å². The van der Waals surface area contributed by atoms with Crippen molar-refractivity contribution >= 4 is 5.69 Å². The van der Waals surface area contributed by atoms with Crippen LogP contribution in [0, 0.1) is 5.41 Å². The maximum absolute atomic E-state index is 3.55. The molecule has 0 bridgehead atoms. The Bertz CT molecular complexity index is 384. The molecule has 0 atom stereocenters. The zero-order valence-electron chi connectivity index (χ0n) is 12.0. The lowest BCUT2D eigenvalue weighted by molar-refractivity contribution is 0.325. The van der Waals surface area contributed by atoms with E-state index in [0.29, 0.717) is 5.41 Å². The number of nitrogens with one attached hydrogen (secondary N) is 1. The number of nitrogens with zero attached hydrogens (tertiary/aromatic N) is 1. The van der Waals surface area contributed by atoms with Crippen molar-refractivity contribution in [3.63, 3.8) is 0 Å². The van der Waals surface area contributed by atoms with Crippen LogP contribution in [0.2, 0.25) is 0 Å². The summed E-state index contributed by atoms with van der Waals surface area (Å²) in [7, 11) is 0. The van der Waals surface area contributed by atoms with Crippen molar-refractivity contribution in [1.29, 1.82) is 0 Å². The van der Waals surface area contributed by atoms with E-state index >= 15 is 0 Å². The second kappa shape index (κ2) is 5.75. The SMILES string of the molecule is CCc1ccccc1N1CCCNCC(C)(C)C1. The van der Waals surface area contributed by atoms with E-state index in [0.717, 1.165) is 32.6 Å². The predicted octanol–water partition coefficient (Wildman–Crippen LogP) is 3.07. The molecular formula is C16H26N2. The van der Waals surface area contributed by atoms with Gasteiger partial charge in [0.1, 0.15) is 0 Å². The molecule has 1 aliphatic heterocycles. The fourth-order valence-electron chi connectivity index (χ4n) is 2.80. The average molecular weight is 246 g/mol. The molecule has 1 aliphatic rings. The van der Waals surface area contributed by atoms with Crippen LogP contribution in [0.4, 0.5) is 5.69 Å². The van der Waals surface area contributed by atoms with Crippen LogP contribution in [-0.4, -0.2) is 26.2 Å². The summed E-state index contributed by atoms with van der Waals surface area (Å²) in [6, 6.07) is 8.86. The summed E-state index contributed by atoms with van der Waals surface area (Å²) in [4.78, 5) is 2.58. The van der Waals surface area contributed by atoms with E-state index in [1.54, 1.807) is 0 Å². The molecule has 2 rings (SSSR count). The van der Waals surface area contributed by atoms with Gasteiger partial charge in [-0.2, -0.15) is 0 Å². The second-order valence-electron chi connectivity index (χ2n) is 6.10. The maximum atomic E-state index is 3.55. The third-order valence-electron chi connectivity index (χ3n) is 3.72. The molecule has 1 N–H and O–H groups in total. The molecule has 0 unspecified atom stereocenters. The van der Waals surface area contributed by atoms with Gasteiger partial charge in [-0.25, -0.2) is 0 Å². The van der Waals surface area contributed by atoms with Gasteiger partial charge in [-0.3, -0.25) is 0 Å². The Kier molecular flexibility index (Phi) is 4.28. The Morgan fingerprint density at radius 1 is 1.28 bits per heavy atom. The van der Waals surface area contributed by atoms with E-state index in [1.807, 2.05) is 0 Å². The predicted molar refractivity (Wildman–Crippen MR) is 79.3 cm³/mol. The molecule has 100 valence electrons. The second-order valence-corrected chi connectivity index (χ2v) is 6.10. The third kappa shape index (κ3) is 3.26. The maximum Gasteiger partial charge on any atom is 0.0398 e. The quantitative estimate of drug-likeness (QED) is 0.862. The Hall–Kier alpha value is -1.02. The highest BCUT2D eigenvalue weighted by atomic mass is 15.1. The van der Waals surface area contributed by atoms with E-state index in [2.05, 4.69) is 55.3 Å². The van der Waals surface area contributed by atoms with Crippen molar-refractivity contribution in [1.82, 2.24) is 5.32 Å². The van der Waals surface area contributed by atoms with Crippen molar-refractivity contribution in [3.8, 4) is 0 Å². The number of hydrogen-bond acceptors (Lipinski definition) is 2. The zero-order chi connectivity index (χ0) is 13.0. The molecule has 0 saturated carbocycles. The fraction of sp³-hybridized carbons (Fsp3) is 0.625. The van der Waals surface area contributed by atoms with Crippen molar-refractivity contribution in [2.45, 2.75) is 33.6 Å². The topological polar surface area (TPSA) is 15.3 Å². The van der Waals surface area contributed by atoms with Gasteiger partial charge >= 0.3 is 0 Å². The highest BCUT2D eigenvalue weighted by molar-refractivity contribution is 5.54. The van der Waals surface area contributed by atoms with Crippen molar-refractivity contribution in [2.24, 2.45) is 5.41 Å². The van der Waals surface area contributed by atoms with Gasteiger partial charge in [-0.05, 0) is 36.4 Å². The standard InChI is InChI=1S/C16H26N2/c1-4-14-8-5-6-9-15(14)18-11-7-10-17-12-16(2,3)13-18/h5-6,8-9,17H,4,7,10-13H2,1-3H3. The molecule has 1 aromatic carbocycles. The summed E-state index contributed by atoms with van der Waals surface area (Å²) in [6.45, 7) is 11.5. The lowest BCUT2D eigenvalue weighted by Crippen LogP contribution is -2.44. The van der Waals surface area contributed by atoms with Gasteiger partial charge in [0.05, 0.1) is 0 Å². The van der Waals surface area contributed by atoms with Crippen molar-refractivity contribution < 1.29 is 0 Å². The van der Waals surface area contributed by atoms with E-state index in [-0.39, 0.29) is 0 Å². The molecule has 1 heterocycles. The van der Waals surface area contributed by atoms with Crippen molar-refractivity contribution in [2.75, 3.05) is 31.1 Å². The number of anilines is 1. The van der Waals surface area contributed by atoms with Gasteiger partial charge in [0, 0.05) is 25.3 Å². The van der Waals surface area contributed by atoms with Crippen molar-refractivity contribution in [3.05, 3.63) is 29.8 Å². The van der Waals surface area contributed by atoms with E-state index < -0.39 is 0 Å². The summed E-state index contributed by atoms with van der Waals surface area (Å²) in [5.41, 5.74) is 3.25. The van der Waals surface area contributed by atoms with E-state index in [9.17, 15) is 0 Å². The first-order chi connectivity index (χ1) is 8.62. The summed E-state index contributed by atoms with van der Waals surface area (Å²) < 4.78 is 0. The lowest BCUT2D eigenvalue weighted by atomic mass is 9.91. The molecule has 0 spiro atoms. The number of para-hydroxylation sites is 1. The van der Waals surface area contributed by atoms with Gasteiger partial charge in [-0.15, -0.1) is 0 Å². The van der Waals surface area contributed by atoms with Gasteiger partial charge in [0.15, 0.2) is 0 Å². The molecule has 18 heavy (non-hydrogen) atoms. The molecule has 1 fully saturated rings. The van der Waals surface area contributed by atoms with Gasteiger partial charge in [0.25, 0.3) is 0 Å². The minimum absolute atomic E-state index is 0.335. The van der Waals surface area contributed by atoms with Gasteiger partial charge < -0.3 is 10.2 Å². The molecule has 2 nitrogen and oxygen atoms in total. The Balaban J connectivity index is 2.23.